The Labute approximate surface area is 126 Å². The summed E-state index contributed by atoms with van der Waals surface area (Å²) in [5, 5.41) is 11.1. The largest absolute Gasteiger partial charge is 0.312 e. The Balaban J connectivity index is 2.34. The van der Waals surface area contributed by atoms with Gasteiger partial charge in [0.05, 0.1) is 4.92 Å². The fourth-order valence-corrected chi connectivity index (χ4v) is 2.43. The minimum atomic E-state index is -0.499. The fraction of sp³-hybridized carbons (Fsp3) is 0.125. The summed E-state index contributed by atoms with van der Waals surface area (Å²) in [5.41, 5.74) is 3.77. The van der Waals surface area contributed by atoms with Crippen LogP contribution in [0.3, 0.4) is 0 Å². The number of hydrogen-bond donors (Lipinski definition) is 0. The quantitative estimate of drug-likeness (QED) is 0.422. The SMILES string of the molecule is Cc1ccc(-c2nc3c([N+](=O)[O-])cccn3c2C=O)cc1C. The zero-order valence-electron chi connectivity index (χ0n) is 12.1. The predicted molar refractivity (Wildman–Crippen MR) is 82.1 cm³/mol. The number of imidazole rings is 1. The van der Waals surface area contributed by atoms with E-state index in [1.54, 1.807) is 6.20 Å². The maximum Gasteiger partial charge on any atom is 0.312 e. The molecule has 0 saturated carbocycles. The number of benzene rings is 1. The normalized spacial score (nSPS) is 10.8. The van der Waals surface area contributed by atoms with Crippen molar-refractivity contribution in [2.24, 2.45) is 0 Å². The third-order valence-corrected chi connectivity index (χ3v) is 3.76. The van der Waals surface area contributed by atoms with Gasteiger partial charge in [0, 0.05) is 17.8 Å². The highest BCUT2D eigenvalue weighted by Gasteiger charge is 2.20. The number of nitrogens with zero attached hydrogens (tertiary/aromatic N) is 3. The van der Waals surface area contributed by atoms with E-state index in [0.717, 1.165) is 16.7 Å². The van der Waals surface area contributed by atoms with E-state index in [9.17, 15) is 14.9 Å². The van der Waals surface area contributed by atoms with Crippen LogP contribution in [0, 0.1) is 24.0 Å². The number of pyridine rings is 1. The molecule has 6 nitrogen and oxygen atoms in total. The number of aryl methyl sites for hydroxylation is 2. The molecule has 0 radical (unpaired) electrons. The molecule has 110 valence electrons. The molecule has 0 aliphatic carbocycles. The summed E-state index contributed by atoms with van der Waals surface area (Å²) in [6, 6.07) is 8.64. The number of rotatable bonds is 3. The Morgan fingerprint density at radius 1 is 1.23 bits per heavy atom. The number of fused-ring (bicyclic) bond motifs is 1. The van der Waals surface area contributed by atoms with Crippen molar-refractivity contribution >= 4 is 17.6 Å². The first-order valence-electron chi connectivity index (χ1n) is 6.71. The van der Waals surface area contributed by atoms with Crippen LogP contribution in [-0.2, 0) is 0 Å². The van der Waals surface area contributed by atoms with E-state index < -0.39 is 4.92 Å². The summed E-state index contributed by atoms with van der Waals surface area (Å²) in [7, 11) is 0. The molecular weight excluding hydrogens is 282 g/mol. The Bertz CT molecular complexity index is 912. The molecule has 6 heteroatoms. The highest BCUT2D eigenvalue weighted by atomic mass is 16.6. The third kappa shape index (κ3) is 2.05. The highest BCUT2D eigenvalue weighted by Crippen LogP contribution is 2.28. The standard InChI is InChI=1S/C16H13N3O3/c1-10-5-6-12(8-11(10)2)15-14(9-20)18-7-3-4-13(19(21)22)16(18)17-15/h3-9H,1-2H3. The van der Waals surface area contributed by atoms with Crippen molar-refractivity contribution in [3.05, 3.63) is 63.5 Å². The van der Waals surface area contributed by atoms with Crippen molar-refractivity contribution in [2.45, 2.75) is 13.8 Å². The van der Waals surface area contributed by atoms with Crippen molar-refractivity contribution in [3.63, 3.8) is 0 Å². The lowest BCUT2D eigenvalue weighted by Gasteiger charge is -2.03. The molecule has 3 rings (SSSR count). The molecule has 0 bridgehead atoms. The van der Waals surface area contributed by atoms with Crippen molar-refractivity contribution in [3.8, 4) is 11.3 Å². The Morgan fingerprint density at radius 3 is 2.64 bits per heavy atom. The van der Waals surface area contributed by atoms with Gasteiger partial charge in [-0.05, 0) is 37.1 Å². The van der Waals surface area contributed by atoms with Gasteiger partial charge in [-0.25, -0.2) is 4.98 Å². The second-order valence-electron chi connectivity index (χ2n) is 5.11. The first-order valence-corrected chi connectivity index (χ1v) is 6.71. The Kier molecular flexibility index (Phi) is 3.21. The summed E-state index contributed by atoms with van der Waals surface area (Å²) >= 11 is 0. The van der Waals surface area contributed by atoms with Gasteiger partial charge in [-0.2, -0.15) is 0 Å². The Hall–Kier alpha value is -3.02. The van der Waals surface area contributed by atoms with E-state index in [1.807, 2.05) is 32.0 Å². The highest BCUT2D eigenvalue weighted by molar-refractivity contribution is 5.87. The number of carbonyl (C=O) groups excluding carboxylic acids is 1. The predicted octanol–water partition coefficient (Wildman–Crippen LogP) is 3.34. The van der Waals surface area contributed by atoms with Gasteiger partial charge in [-0.1, -0.05) is 12.1 Å². The van der Waals surface area contributed by atoms with Crippen molar-refractivity contribution in [1.29, 1.82) is 0 Å². The molecule has 0 aliphatic heterocycles. The number of nitro groups is 1. The van der Waals surface area contributed by atoms with Crippen molar-refractivity contribution in [1.82, 2.24) is 9.38 Å². The van der Waals surface area contributed by atoms with Crippen LogP contribution in [0.25, 0.3) is 16.9 Å². The van der Waals surface area contributed by atoms with Gasteiger partial charge >= 0.3 is 5.69 Å². The minimum absolute atomic E-state index is 0.124. The van der Waals surface area contributed by atoms with Crippen molar-refractivity contribution < 1.29 is 9.72 Å². The summed E-state index contributed by atoms with van der Waals surface area (Å²) in [5.74, 6) is 0. The maximum absolute atomic E-state index is 11.5. The second kappa shape index (κ2) is 5.07. The van der Waals surface area contributed by atoms with Crippen LogP contribution in [0.1, 0.15) is 21.6 Å². The van der Waals surface area contributed by atoms with Crippen LogP contribution >= 0.6 is 0 Å². The lowest BCUT2D eigenvalue weighted by Crippen LogP contribution is -1.95. The summed E-state index contributed by atoms with van der Waals surface area (Å²) < 4.78 is 1.45. The monoisotopic (exact) mass is 295 g/mol. The molecule has 0 spiro atoms. The smallest absolute Gasteiger partial charge is 0.296 e. The number of hydrogen-bond acceptors (Lipinski definition) is 4. The number of aromatic nitrogens is 2. The van der Waals surface area contributed by atoms with E-state index in [1.165, 1.54) is 16.5 Å². The van der Waals surface area contributed by atoms with Crippen LogP contribution in [0.5, 0.6) is 0 Å². The number of carbonyl (C=O) groups is 1. The van der Waals surface area contributed by atoms with Gasteiger partial charge in [-0.15, -0.1) is 0 Å². The molecule has 0 aliphatic rings. The van der Waals surface area contributed by atoms with E-state index in [-0.39, 0.29) is 11.3 Å². The van der Waals surface area contributed by atoms with Crippen LogP contribution in [0.2, 0.25) is 0 Å². The average Bonchev–Trinajstić information content (AvgIpc) is 2.88. The molecule has 2 aromatic heterocycles. The maximum atomic E-state index is 11.5. The molecule has 0 amide bonds. The number of aldehydes is 1. The van der Waals surface area contributed by atoms with Gasteiger partial charge in [0.2, 0.25) is 5.65 Å². The van der Waals surface area contributed by atoms with E-state index in [0.29, 0.717) is 17.7 Å². The molecule has 2 heterocycles. The first kappa shape index (κ1) is 13.9. The van der Waals surface area contributed by atoms with Gasteiger partial charge in [0.15, 0.2) is 6.29 Å². The van der Waals surface area contributed by atoms with Crippen LogP contribution < -0.4 is 0 Å². The van der Waals surface area contributed by atoms with Crippen LogP contribution in [0.4, 0.5) is 5.69 Å². The molecule has 22 heavy (non-hydrogen) atoms. The van der Waals surface area contributed by atoms with Gasteiger partial charge < -0.3 is 0 Å². The zero-order chi connectivity index (χ0) is 15.9. The molecule has 0 fully saturated rings. The average molecular weight is 295 g/mol. The fourth-order valence-electron chi connectivity index (χ4n) is 2.43. The molecule has 0 unspecified atom stereocenters. The van der Waals surface area contributed by atoms with E-state index >= 15 is 0 Å². The lowest BCUT2D eigenvalue weighted by molar-refractivity contribution is -0.383. The second-order valence-corrected chi connectivity index (χ2v) is 5.11. The van der Waals surface area contributed by atoms with Crippen LogP contribution in [-0.4, -0.2) is 20.6 Å². The molecule has 0 N–H and O–H groups in total. The first-order chi connectivity index (χ1) is 10.5. The molecule has 0 atom stereocenters. The Morgan fingerprint density at radius 2 is 2.00 bits per heavy atom. The van der Waals surface area contributed by atoms with Gasteiger partial charge in [-0.3, -0.25) is 19.3 Å². The van der Waals surface area contributed by atoms with E-state index in [4.69, 9.17) is 0 Å². The molecule has 0 saturated heterocycles. The summed E-state index contributed by atoms with van der Waals surface area (Å²) in [6.45, 7) is 3.96. The summed E-state index contributed by atoms with van der Waals surface area (Å²) in [6.07, 6.45) is 2.28. The molecular formula is C16H13N3O3. The lowest BCUT2D eigenvalue weighted by atomic mass is 10.0. The topological polar surface area (TPSA) is 77.5 Å². The van der Waals surface area contributed by atoms with Crippen molar-refractivity contribution in [2.75, 3.05) is 0 Å². The zero-order valence-corrected chi connectivity index (χ0v) is 12.1. The minimum Gasteiger partial charge on any atom is -0.296 e. The van der Waals surface area contributed by atoms with Gasteiger partial charge in [0.1, 0.15) is 11.4 Å². The third-order valence-electron chi connectivity index (χ3n) is 3.76. The molecule has 3 aromatic rings. The van der Waals surface area contributed by atoms with Crippen LogP contribution in [0.15, 0.2) is 36.5 Å². The van der Waals surface area contributed by atoms with Gasteiger partial charge in [0.25, 0.3) is 0 Å². The summed E-state index contributed by atoms with van der Waals surface area (Å²) in [4.78, 5) is 26.4. The molecule has 1 aromatic carbocycles. The van der Waals surface area contributed by atoms with E-state index in [2.05, 4.69) is 4.98 Å².